The lowest BCUT2D eigenvalue weighted by atomic mass is 9.95. The van der Waals surface area contributed by atoms with E-state index in [9.17, 15) is 8.42 Å². The Bertz CT molecular complexity index is 1600. The summed E-state index contributed by atoms with van der Waals surface area (Å²) in [5, 5.41) is 6.75. The van der Waals surface area contributed by atoms with Crippen molar-refractivity contribution in [1.29, 1.82) is 0 Å². The number of piperazine rings is 1. The molecular formula is C29H34F2N8O2S. The van der Waals surface area contributed by atoms with Gasteiger partial charge in [0.2, 0.25) is 5.95 Å². The van der Waals surface area contributed by atoms with Crippen molar-refractivity contribution in [2.45, 2.75) is 45.3 Å². The number of sulfone groups is 1. The van der Waals surface area contributed by atoms with Crippen LogP contribution in [0.15, 0.2) is 35.6 Å². The van der Waals surface area contributed by atoms with Crippen molar-refractivity contribution in [3.8, 4) is 0 Å². The number of halogens is 2. The largest absolute Gasteiger partial charge is 0.353 e. The lowest BCUT2D eigenvalue weighted by Crippen LogP contribution is -2.54. The van der Waals surface area contributed by atoms with E-state index in [4.69, 9.17) is 4.98 Å². The van der Waals surface area contributed by atoms with Crippen molar-refractivity contribution in [3.63, 3.8) is 0 Å². The molecule has 13 heteroatoms. The molecule has 222 valence electrons. The Morgan fingerprint density at radius 1 is 1.02 bits per heavy atom. The zero-order chi connectivity index (χ0) is 29.6. The molecule has 3 aliphatic rings. The zero-order valence-corrected chi connectivity index (χ0v) is 24.6. The number of anilines is 3. The SMILES string of the molecule is Cc1cc(Nc2ncc3c(n2)C(c2cc(F)c(CN4CCS(=O)(=O)CC4)c(F)c2)C=N3)cnc1N1C[C@@H](C)N[C@@H](C)C1. The van der Waals surface area contributed by atoms with Gasteiger partial charge in [-0.1, -0.05) is 0 Å². The van der Waals surface area contributed by atoms with Gasteiger partial charge in [-0.2, -0.15) is 0 Å². The van der Waals surface area contributed by atoms with Crippen LogP contribution in [-0.4, -0.2) is 84.3 Å². The van der Waals surface area contributed by atoms with Crippen molar-refractivity contribution in [2.24, 2.45) is 4.99 Å². The highest BCUT2D eigenvalue weighted by Crippen LogP contribution is 2.36. The quantitative estimate of drug-likeness (QED) is 0.441. The highest BCUT2D eigenvalue weighted by Gasteiger charge is 2.28. The number of rotatable bonds is 6. The molecule has 0 amide bonds. The Kier molecular flexibility index (Phi) is 7.66. The van der Waals surface area contributed by atoms with E-state index in [1.54, 1.807) is 23.5 Å². The van der Waals surface area contributed by atoms with E-state index in [0.717, 1.165) is 30.2 Å². The maximum absolute atomic E-state index is 15.2. The van der Waals surface area contributed by atoms with Gasteiger partial charge in [-0.3, -0.25) is 9.89 Å². The van der Waals surface area contributed by atoms with Gasteiger partial charge in [0.05, 0.1) is 41.2 Å². The first-order valence-corrected chi connectivity index (χ1v) is 15.9. The van der Waals surface area contributed by atoms with Gasteiger partial charge in [-0.25, -0.2) is 32.2 Å². The summed E-state index contributed by atoms with van der Waals surface area (Å²) in [7, 11) is -3.08. The second kappa shape index (κ2) is 11.3. The van der Waals surface area contributed by atoms with Gasteiger partial charge in [-0.05, 0) is 50.1 Å². The molecule has 3 aromatic rings. The molecule has 5 heterocycles. The summed E-state index contributed by atoms with van der Waals surface area (Å²) in [6.45, 7) is 8.64. The van der Waals surface area contributed by atoms with Crippen molar-refractivity contribution >= 4 is 39.2 Å². The van der Waals surface area contributed by atoms with Crippen LogP contribution >= 0.6 is 0 Å². The van der Waals surface area contributed by atoms with Crippen LogP contribution in [0.1, 0.15) is 42.1 Å². The second-order valence-corrected chi connectivity index (χ2v) is 13.8. The van der Waals surface area contributed by atoms with Crippen LogP contribution in [-0.2, 0) is 16.4 Å². The minimum atomic E-state index is -3.08. The van der Waals surface area contributed by atoms with Crippen LogP contribution in [0.2, 0.25) is 0 Å². The standard InChI is InChI=1S/C29H34F2N8O2S/c1-17-8-21(11-33-28(17)39-14-18(2)35-19(3)15-39)36-29-34-13-26-27(37-29)22(12-32-26)20-9-24(30)23(25(31)10-20)16-38-4-6-42(40,41)7-5-38/h8-13,18-19,22,35H,4-7,14-16H2,1-3H3,(H,34,36,37)/t18-,19+,22?. The first-order chi connectivity index (χ1) is 20.0. The second-order valence-electron chi connectivity index (χ2n) is 11.5. The van der Waals surface area contributed by atoms with Crippen molar-refractivity contribution in [3.05, 3.63) is 64.6 Å². The summed E-state index contributed by atoms with van der Waals surface area (Å²) in [5.74, 6) is -0.629. The smallest absolute Gasteiger partial charge is 0.227 e. The van der Waals surface area contributed by atoms with Crippen LogP contribution in [0.25, 0.3) is 0 Å². The van der Waals surface area contributed by atoms with Crippen LogP contribution in [0.3, 0.4) is 0 Å². The number of fused-ring (bicyclic) bond motifs is 1. The molecule has 3 atom stereocenters. The van der Waals surface area contributed by atoms with Crippen LogP contribution in [0.5, 0.6) is 0 Å². The minimum absolute atomic E-state index is 0.00575. The number of benzene rings is 1. The van der Waals surface area contributed by atoms with E-state index >= 15 is 8.78 Å². The fourth-order valence-corrected chi connectivity index (χ4v) is 7.20. The summed E-state index contributed by atoms with van der Waals surface area (Å²) < 4.78 is 53.7. The summed E-state index contributed by atoms with van der Waals surface area (Å²) in [4.78, 5) is 22.2. The number of aliphatic imine (C=N–C) groups is 1. The Morgan fingerprint density at radius 3 is 2.38 bits per heavy atom. The Hall–Kier alpha value is -3.55. The van der Waals surface area contributed by atoms with Gasteiger partial charge in [0.25, 0.3) is 0 Å². The van der Waals surface area contributed by atoms with Gasteiger partial charge in [0.1, 0.15) is 23.1 Å². The lowest BCUT2D eigenvalue weighted by Gasteiger charge is -2.37. The molecule has 1 aromatic carbocycles. The van der Waals surface area contributed by atoms with Crippen molar-refractivity contribution in [2.75, 3.05) is 47.9 Å². The van der Waals surface area contributed by atoms with Gasteiger partial charge >= 0.3 is 0 Å². The van der Waals surface area contributed by atoms with Crippen molar-refractivity contribution in [1.82, 2.24) is 25.2 Å². The van der Waals surface area contributed by atoms with Gasteiger partial charge in [-0.15, -0.1) is 0 Å². The number of aryl methyl sites for hydroxylation is 1. The first kappa shape index (κ1) is 28.6. The topological polar surface area (TPSA) is 116 Å². The summed E-state index contributed by atoms with van der Waals surface area (Å²) >= 11 is 0. The molecule has 2 N–H and O–H groups in total. The molecule has 0 bridgehead atoms. The summed E-state index contributed by atoms with van der Waals surface area (Å²) in [5.41, 5.74) is 3.16. The first-order valence-electron chi connectivity index (χ1n) is 14.1. The van der Waals surface area contributed by atoms with E-state index in [1.165, 1.54) is 12.1 Å². The van der Waals surface area contributed by atoms with E-state index in [-0.39, 0.29) is 36.7 Å². The maximum Gasteiger partial charge on any atom is 0.227 e. The van der Waals surface area contributed by atoms with E-state index < -0.39 is 27.4 Å². The third kappa shape index (κ3) is 5.99. The molecule has 0 saturated carbocycles. The summed E-state index contributed by atoms with van der Waals surface area (Å²) in [6.07, 6.45) is 4.96. The molecule has 1 unspecified atom stereocenters. The number of hydrogen-bond donors (Lipinski definition) is 2. The highest BCUT2D eigenvalue weighted by atomic mass is 32.2. The molecule has 0 radical (unpaired) electrons. The van der Waals surface area contributed by atoms with Crippen molar-refractivity contribution < 1.29 is 17.2 Å². The molecule has 3 aliphatic heterocycles. The Balaban J connectivity index is 1.18. The molecule has 2 saturated heterocycles. The van der Waals surface area contributed by atoms with Crippen LogP contribution in [0, 0.1) is 18.6 Å². The molecule has 42 heavy (non-hydrogen) atoms. The maximum atomic E-state index is 15.2. The molecule has 2 aromatic heterocycles. The number of nitrogens with one attached hydrogen (secondary N) is 2. The highest BCUT2D eigenvalue weighted by molar-refractivity contribution is 7.91. The fourth-order valence-electron chi connectivity index (χ4n) is 5.93. The average Bonchev–Trinajstić information content (AvgIpc) is 3.34. The summed E-state index contributed by atoms with van der Waals surface area (Å²) in [6, 6.07) is 5.37. The molecule has 0 spiro atoms. The zero-order valence-electron chi connectivity index (χ0n) is 23.8. The monoisotopic (exact) mass is 596 g/mol. The molecule has 6 rings (SSSR count). The predicted molar refractivity (Wildman–Crippen MR) is 159 cm³/mol. The normalized spacial score (nSPS) is 23.6. The Labute approximate surface area is 244 Å². The molecular weight excluding hydrogens is 562 g/mol. The van der Waals surface area contributed by atoms with Crippen LogP contribution in [0.4, 0.5) is 31.9 Å². The Morgan fingerprint density at radius 2 is 1.71 bits per heavy atom. The minimum Gasteiger partial charge on any atom is -0.353 e. The number of hydrogen-bond acceptors (Lipinski definition) is 10. The molecule has 10 nitrogen and oxygen atoms in total. The van der Waals surface area contributed by atoms with Gasteiger partial charge in [0.15, 0.2) is 9.84 Å². The number of pyridine rings is 1. The van der Waals surface area contributed by atoms with Gasteiger partial charge in [0, 0.05) is 56.6 Å². The average molecular weight is 597 g/mol. The molecule has 0 aliphatic carbocycles. The lowest BCUT2D eigenvalue weighted by molar-refractivity contribution is 0.278. The van der Waals surface area contributed by atoms with E-state index in [1.807, 2.05) is 13.0 Å². The fraction of sp³-hybridized carbons (Fsp3) is 0.448. The van der Waals surface area contributed by atoms with Crippen LogP contribution < -0.4 is 15.5 Å². The van der Waals surface area contributed by atoms with E-state index in [2.05, 4.69) is 44.3 Å². The predicted octanol–water partition coefficient (Wildman–Crippen LogP) is 3.47. The third-order valence-corrected chi connectivity index (χ3v) is 9.57. The number of aromatic nitrogens is 3. The van der Waals surface area contributed by atoms with Gasteiger partial charge < -0.3 is 15.5 Å². The molecule has 2 fully saturated rings. The van der Waals surface area contributed by atoms with E-state index in [0.29, 0.717) is 35.0 Å². The third-order valence-electron chi connectivity index (χ3n) is 7.96. The number of nitrogens with zero attached hydrogens (tertiary/aromatic N) is 6.